The van der Waals surface area contributed by atoms with Gasteiger partial charge in [-0.05, 0) is 68.1 Å². The third-order valence-electron chi connectivity index (χ3n) is 5.62. The van der Waals surface area contributed by atoms with Crippen LogP contribution in [0.5, 0.6) is 0 Å². The predicted molar refractivity (Wildman–Crippen MR) is 134 cm³/mol. The number of nitrogens with zero attached hydrogens (tertiary/aromatic N) is 2. The molecule has 0 radical (unpaired) electrons. The molecule has 0 amide bonds. The van der Waals surface area contributed by atoms with Gasteiger partial charge < -0.3 is 9.15 Å². The van der Waals surface area contributed by atoms with Gasteiger partial charge in [0, 0.05) is 34.5 Å². The molecule has 178 valence electrons. The van der Waals surface area contributed by atoms with Crippen LogP contribution < -0.4 is 0 Å². The van der Waals surface area contributed by atoms with E-state index in [-0.39, 0.29) is 12.4 Å². The first-order chi connectivity index (χ1) is 17.0. The Labute approximate surface area is 208 Å². The summed E-state index contributed by atoms with van der Waals surface area (Å²) in [6, 6.07) is 22.4. The van der Waals surface area contributed by atoms with Crippen LogP contribution >= 0.6 is 11.9 Å². The monoisotopic (exact) mass is 488 g/mol. The van der Waals surface area contributed by atoms with Gasteiger partial charge in [0.2, 0.25) is 5.76 Å². The van der Waals surface area contributed by atoms with Gasteiger partial charge in [0.25, 0.3) is 0 Å². The second kappa shape index (κ2) is 11.2. The minimum absolute atomic E-state index is 0.213. The van der Waals surface area contributed by atoms with Crippen LogP contribution in [0.1, 0.15) is 39.7 Å². The van der Waals surface area contributed by atoms with Gasteiger partial charge in [0.15, 0.2) is 0 Å². The van der Waals surface area contributed by atoms with E-state index < -0.39 is 11.8 Å². The third-order valence-corrected chi connectivity index (χ3v) is 6.66. The normalized spacial score (nSPS) is 11.1. The summed E-state index contributed by atoms with van der Waals surface area (Å²) >= 11 is 1.52. The molecule has 1 aromatic heterocycles. The third kappa shape index (κ3) is 5.91. The standard InChI is InChI=1S/C28H25FN2O3S/c1-3-33-28(32)27-19(2)24-16-23(11-12-26(24)34-27)35-31(14-13-20-7-5-4-6-8-20)18-22-10-9-21(17-30)15-25(22)29/h4-12,15-16H,3,13-14,18H2,1-2H3. The van der Waals surface area contributed by atoms with Crippen LogP contribution in [0.25, 0.3) is 11.0 Å². The van der Waals surface area contributed by atoms with Gasteiger partial charge in [-0.3, -0.25) is 0 Å². The molecular weight excluding hydrogens is 463 g/mol. The number of halogens is 1. The second-order valence-corrected chi connectivity index (χ2v) is 9.21. The molecule has 7 heteroatoms. The second-order valence-electron chi connectivity index (χ2n) is 8.04. The molecule has 0 saturated carbocycles. The van der Waals surface area contributed by atoms with Crippen molar-refractivity contribution in [3.8, 4) is 6.07 Å². The maximum atomic E-state index is 14.7. The van der Waals surface area contributed by atoms with E-state index in [4.69, 9.17) is 14.4 Å². The molecular formula is C28H25FN2O3S. The van der Waals surface area contributed by atoms with Crippen molar-refractivity contribution in [3.63, 3.8) is 0 Å². The minimum atomic E-state index is -0.476. The summed E-state index contributed by atoms with van der Waals surface area (Å²) in [6.07, 6.45) is 0.797. The van der Waals surface area contributed by atoms with Gasteiger partial charge in [0.1, 0.15) is 11.4 Å². The Morgan fingerprint density at radius 3 is 2.66 bits per heavy atom. The maximum absolute atomic E-state index is 14.7. The smallest absolute Gasteiger partial charge is 0.374 e. The van der Waals surface area contributed by atoms with Gasteiger partial charge in [-0.25, -0.2) is 13.5 Å². The first-order valence-corrected chi connectivity index (χ1v) is 12.1. The van der Waals surface area contributed by atoms with Gasteiger partial charge in [-0.1, -0.05) is 36.4 Å². The van der Waals surface area contributed by atoms with Gasteiger partial charge >= 0.3 is 5.97 Å². The number of carbonyl (C=O) groups excluding carboxylic acids is 1. The van der Waals surface area contributed by atoms with Gasteiger partial charge in [-0.2, -0.15) is 5.26 Å². The molecule has 0 fully saturated rings. The fraction of sp³-hybridized carbons (Fsp3) is 0.214. The van der Waals surface area contributed by atoms with Crippen molar-refractivity contribution in [2.45, 2.75) is 31.7 Å². The fourth-order valence-corrected chi connectivity index (χ4v) is 4.77. The maximum Gasteiger partial charge on any atom is 0.374 e. The van der Waals surface area contributed by atoms with Crippen LogP contribution in [0.15, 0.2) is 76.0 Å². The number of hydrogen-bond acceptors (Lipinski definition) is 6. The Balaban J connectivity index is 1.59. The average Bonchev–Trinajstić information content (AvgIpc) is 3.20. The van der Waals surface area contributed by atoms with E-state index in [2.05, 4.69) is 16.4 Å². The van der Waals surface area contributed by atoms with Crippen molar-refractivity contribution < 1.29 is 18.3 Å². The molecule has 1 heterocycles. The summed E-state index contributed by atoms with van der Waals surface area (Å²) in [6.45, 7) is 4.92. The summed E-state index contributed by atoms with van der Waals surface area (Å²) in [5.41, 5.74) is 3.36. The SMILES string of the molecule is CCOC(=O)c1oc2ccc(SN(CCc3ccccc3)Cc3ccc(C#N)cc3F)cc2c1C. The molecule has 0 unspecified atom stereocenters. The number of nitriles is 1. The fourth-order valence-electron chi connectivity index (χ4n) is 3.79. The molecule has 3 aromatic carbocycles. The lowest BCUT2D eigenvalue weighted by Crippen LogP contribution is -2.19. The van der Waals surface area contributed by atoms with E-state index >= 15 is 0 Å². The molecule has 0 aliphatic carbocycles. The zero-order valence-electron chi connectivity index (χ0n) is 19.6. The number of ether oxygens (including phenoxy) is 1. The van der Waals surface area contributed by atoms with Crippen LogP contribution in [0.3, 0.4) is 0 Å². The van der Waals surface area contributed by atoms with E-state index in [9.17, 15) is 9.18 Å². The Bertz CT molecular complexity index is 1380. The number of furan rings is 1. The van der Waals surface area contributed by atoms with Gasteiger partial charge in [-0.15, -0.1) is 0 Å². The van der Waals surface area contributed by atoms with E-state index in [1.54, 1.807) is 19.1 Å². The quantitative estimate of drug-likeness (QED) is 0.193. The summed E-state index contributed by atoms with van der Waals surface area (Å²) in [5.74, 6) is -0.657. The zero-order valence-corrected chi connectivity index (χ0v) is 20.4. The van der Waals surface area contributed by atoms with Crippen LogP contribution in [0.4, 0.5) is 4.39 Å². The van der Waals surface area contributed by atoms with Crippen molar-refractivity contribution in [2.75, 3.05) is 13.2 Å². The Hall–Kier alpha value is -3.60. The molecule has 0 saturated heterocycles. The van der Waals surface area contributed by atoms with Crippen molar-refractivity contribution in [1.29, 1.82) is 5.26 Å². The van der Waals surface area contributed by atoms with Crippen LogP contribution in [0.2, 0.25) is 0 Å². The topological polar surface area (TPSA) is 66.5 Å². The largest absolute Gasteiger partial charge is 0.460 e. The molecule has 0 aliphatic heterocycles. The molecule has 4 rings (SSSR count). The van der Waals surface area contributed by atoms with E-state index in [0.29, 0.717) is 29.8 Å². The summed E-state index contributed by atoms with van der Waals surface area (Å²) < 4.78 is 27.6. The summed E-state index contributed by atoms with van der Waals surface area (Å²) in [5, 5.41) is 9.89. The molecule has 35 heavy (non-hydrogen) atoms. The lowest BCUT2D eigenvalue weighted by Gasteiger charge is -2.22. The molecule has 0 aliphatic rings. The van der Waals surface area contributed by atoms with Crippen molar-refractivity contribution >= 4 is 28.9 Å². The highest BCUT2D eigenvalue weighted by molar-refractivity contribution is 7.97. The number of fused-ring (bicyclic) bond motifs is 1. The molecule has 4 aromatic rings. The molecule has 0 bridgehead atoms. The lowest BCUT2D eigenvalue weighted by atomic mass is 10.1. The molecule has 0 N–H and O–H groups in total. The summed E-state index contributed by atoms with van der Waals surface area (Å²) in [4.78, 5) is 13.2. The van der Waals surface area contributed by atoms with Crippen molar-refractivity contribution in [1.82, 2.24) is 4.31 Å². The Morgan fingerprint density at radius 2 is 1.94 bits per heavy atom. The van der Waals surface area contributed by atoms with E-state index in [1.807, 2.05) is 49.4 Å². The van der Waals surface area contributed by atoms with Gasteiger partial charge in [0.05, 0.1) is 18.2 Å². The Morgan fingerprint density at radius 1 is 1.14 bits per heavy atom. The first-order valence-electron chi connectivity index (χ1n) is 11.3. The van der Waals surface area contributed by atoms with Crippen molar-refractivity contribution in [3.05, 3.63) is 101 Å². The predicted octanol–water partition coefficient (Wildman–Crippen LogP) is 6.68. The first kappa shape index (κ1) is 24.5. The summed E-state index contributed by atoms with van der Waals surface area (Å²) in [7, 11) is 0. The molecule has 0 atom stereocenters. The molecule has 0 spiro atoms. The van der Waals surface area contributed by atoms with E-state index in [0.717, 1.165) is 22.3 Å². The highest BCUT2D eigenvalue weighted by atomic mass is 32.2. The zero-order chi connectivity index (χ0) is 24.8. The van der Waals surface area contributed by atoms with Crippen LogP contribution in [-0.2, 0) is 17.7 Å². The lowest BCUT2D eigenvalue weighted by molar-refractivity contribution is 0.0491. The number of benzene rings is 3. The highest BCUT2D eigenvalue weighted by Crippen LogP contribution is 2.32. The van der Waals surface area contributed by atoms with E-state index in [1.165, 1.54) is 23.6 Å². The number of carbonyl (C=O) groups is 1. The van der Waals surface area contributed by atoms with Crippen molar-refractivity contribution in [2.24, 2.45) is 0 Å². The average molecular weight is 489 g/mol. The Kier molecular flexibility index (Phi) is 7.86. The van der Waals surface area contributed by atoms with Crippen LogP contribution in [-0.4, -0.2) is 23.4 Å². The molecule has 5 nitrogen and oxygen atoms in total. The van der Waals surface area contributed by atoms with Crippen LogP contribution in [0, 0.1) is 24.1 Å². The number of hydrogen-bond donors (Lipinski definition) is 0. The number of esters is 1. The highest BCUT2D eigenvalue weighted by Gasteiger charge is 2.20. The minimum Gasteiger partial charge on any atom is -0.460 e. The number of aryl methyl sites for hydroxylation is 1. The number of rotatable bonds is 9.